The van der Waals surface area contributed by atoms with Gasteiger partial charge in [-0.25, -0.2) is 0 Å². The Morgan fingerprint density at radius 2 is 1.22 bits per heavy atom. The Morgan fingerprint density at radius 1 is 0.565 bits per heavy atom. The van der Waals surface area contributed by atoms with Crippen LogP contribution in [0.1, 0.15) is 29.2 Å². The van der Waals surface area contributed by atoms with Crippen molar-refractivity contribution in [3.63, 3.8) is 0 Å². The molecule has 4 heterocycles. The Bertz CT molecular complexity index is 3920. The van der Waals surface area contributed by atoms with Crippen molar-refractivity contribution in [2.75, 3.05) is 4.90 Å². The Kier molecular flexibility index (Phi) is 7.96. The van der Waals surface area contributed by atoms with Gasteiger partial charge in [-0.05, 0) is 87.3 Å². The van der Waals surface area contributed by atoms with Crippen LogP contribution in [0.25, 0.3) is 60.9 Å². The van der Waals surface area contributed by atoms with Gasteiger partial charge in [-0.2, -0.15) is 0 Å². The predicted molar refractivity (Wildman–Crippen MR) is 284 cm³/mol. The lowest BCUT2D eigenvalue weighted by atomic mass is 9.23. The van der Waals surface area contributed by atoms with Crippen LogP contribution in [-0.4, -0.2) is 17.4 Å². The first-order chi connectivity index (χ1) is 34.1. The van der Waals surface area contributed by atoms with Crippen LogP contribution in [0.3, 0.4) is 0 Å². The van der Waals surface area contributed by atoms with Crippen molar-refractivity contribution in [3.8, 4) is 28.1 Å². The minimum absolute atomic E-state index is 0.0145. The highest BCUT2D eigenvalue weighted by Crippen LogP contribution is 2.63. The maximum absolute atomic E-state index is 7.43. The van der Waals surface area contributed by atoms with E-state index in [0.29, 0.717) is 0 Å². The highest BCUT2D eigenvalue weighted by molar-refractivity contribution is 6.92. The molecule has 0 bridgehead atoms. The smallest absolute Gasteiger partial charge is 0.233 e. The van der Waals surface area contributed by atoms with Crippen molar-refractivity contribution in [2.45, 2.75) is 23.8 Å². The van der Waals surface area contributed by atoms with Gasteiger partial charge in [0.05, 0.1) is 22.2 Å². The van der Waals surface area contributed by atoms with Gasteiger partial charge in [0.25, 0.3) is 0 Å². The molecule has 2 atom stereocenters. The number of nitrogens with zero attached hydrogens (tertiary/aromatic N) is 2. The molecule has 0 saturated heterocycles. The summed E-state index contributed by atoms with van der Waals surface area (Å²) in [6.45, 7) is 2.46. The lowest BCUT2D eigenvalue weighted by molar-refractivity contribution is 0.212. The van der Waals surface area contributed by atoms with Crippen LogP contribution in [-0.2, 0) is 5.41 Å². The molecule has 2 aliphatic carbocycles. The average Bonchev–Trinajstić information content (AvgIpc) is 4.06. The molecule has 9 aromatic carbocycles. The van der Waals surface area contributed by atoms with Crippen LogP contribution in [0.4, 0.5) is 17.1 Å². The third-order valence-electron chi connectivity index (χ3n) is 15.9. The minimum Gasteiger partial charge on any atom is -0.487 e. The quantitative estimate of drug-likeness (QED) is 0.156. The van der Waals surface area contributed by atoms with Crippen LogP contribution in [0, 0.1) is 0 Å². The number of fused-ring (bicyclic) bond motifs is 12. The molecule has 324 valence electrons. The summed E-state index contributed by atoms with van der Waals surface area (Å²) in [6.07, 6.45) is 6.65. The van der Waals surface area contributed by atoms with E-state index in [2.05, 4.69) is 247 Å². The zero-order valence-electron chi connectivity index (χ0n) is 37.9. The standard InChI is InChI=1S/C64H43BN2O2/c1-63-57-32-17-33-58(63)69-56-40-46(66(45-36-34-42(35-37-45)41-18-5-2-6-19-41)53-29-16-31-55-59(53)48-25-12-14-30-54(48)68-55)38-39-51(56)65(63)52-28-15-26-49-60-62(67(57)61(49)52)47-24-11-13-27-50(47)64(60,43-20-7-3-8-21-43)44-22-9-4-10-23-44/h2-40,58H,1H3. The monoisotopic (exact) mass is 882 g/mol. The fraction of sp³-hybridized carbons (Fsp3) is 0.0625. The van der Waals surface area contributed by atoms with E-state index in [0.717, 1.165) is 44.8 Å². The SMILES string of the molecule is CC12B3c4ccc(N(c5ccc(-c6ccccc6)cc5)c5cccc6oc7ccccc7c56)cc4OC1C=CC=C2n1c2c(c4cccc3c41)C(c1ccccc1)(c1ccccc1)c1ccccc1-2. The summed E-state index contributed by atoms with van der Waals surface area (Å²) < 4.78 is 16.6. The first kappa shape index (κ1) is 38.6. The summed E-state index contributed by atoms with van der Waals surface area (Å²) in [4.78, 5) is 2.38. The van der Waals surface area contributed by atoms with Crippen molar-refractivity contribution in [3.05, 3.63) is 259 Å². The maximum Gasteiger partial charge on any atom is 0.233 e. The molecule has 15 rings (SSSR count). The molecule has 0 radical (unpaired) electrons. The summed E-state index contributed by atoms with van der Waals surface area (Å²) in [6, 6.07) is 79.7. The molecule has 0 amide bonds. The van der Waals surface area contributed by atoms with Gasteiger partial charge in [-0.3, -0.25) is 0 Å². The van der Waals surface area contributed by atoms with Crippen LogP contribution >= 0.6 is 0 Å². The van der Waals surface area contributed by atoms with Crippen molar-refractivity contribution < 1.29 is 9.15 Å². The first-order valence-corrected chi connectivity index (χ1v) is 24.1. The topological polar surface area (TPSA) is 30.5 Å². The van der Waals surface area contributed by atoms with E-state index >= 15 is 0 Å². The molecule has 2 unspecified atom stereocenters. The maximum atomic E-state index is 7.43. The van der Waals surface area contributed by atoms with Gasteiger partial charge in [0.1, 0.15) is 23.0 Å². The van der Waals surface area contributed by atoms with Gasteiger partial charge in [0.2, 0.25) is 6.71 Å². The fourth-order valence-corrected chi connectivity index (χ4v) is 13.1. The van der Waals surface area contributed by atoms with Crippen LogP contribution in [0.15, 0.2) is 241 Å². The number of rotatable bonds is 6. The molecule has 0 spiro atoms. The van der Waals surface area contributed by atoms with Crippen LogP contribution in [0.5, 0.6) is 5.75 Å². The van der Waals surface area contributed by atoms with Crippen molar-refractivity contribution in [1.82, 2.24) is 4.57 Å². The molecular weight excluding hydrogens is 840 g/mol. The normalized spacial score (nSPS) is 17.8. The van der Waals surface area contributed by atoms with Gasteiger partial charge < -0.3 is 18.6 Å². The second-order valence-corrected chi connectivity index (χ2v) is 19.2. The van der Waals surface area contributed by atoms with E-state index < -0.39 is 10.7 Å². The number of furan rings is 1. The molecule has 0 fully saturated rings. The van der Waals surface area contributed by atoms with Gasteiger partial charge in [-0.15, -0.1) is 0 Å². The number of aromatic nitrogens is 1. The van der Waals surface area contributed by atoms with E-state index in [9.17, 15) is 0 Å². The second-order valence-electron chi connectivity index (χ2n) is 19.2. The van der Waals surface area contributed by atoms with Gasteiger partial charge in [0, 0.05) is 55.9 Å². The summed E-state index contributed by atoms with van der Waals surface area (Å²) in [7, 11) is 0. The molecule has 11 aromatic rings. The van der Waals surface area contributed by atoms with Crippen molar-refractivity contribution >= 4 is 73.2 Å². The third-order valence-corrected chi connectivity index (χ3v) is 15.9. The van der Waals surface area contributed by atoms with Crippen molar-refractivity contribution in [2.24, 2.45) is 0 Å². The zero-order valence-corrected chi connectivity index (χ0v) is 37.9. The molecule has 69 heavy (non-hydrogen) atoms. The number of para-hydroxylation sites is 2. The Balaban J connectivity index is 0.964. The highest BCUT2D eigenvalue weighted by Gasteiger charge is 2.59. The average molecular weight is 883 g/mol. The molecular formula is C64H43BN2O2. The number of anilines is 3. The number of allylic oxidation sites excluding steroid dienone is 2. The Morgan fingerprint density at radius 3 is 2.01 bits per heavy atom. The first-order valence-electron chi connectivity index (χ1n) is 24.1. The number of hydrogen-bond acceptors (Lipinski definition) is 3. The lowest BCUT2D eigenvalue weighted by Gasteiger charge is -2.51. The van der Waals surface area contributed by atoms with E-state index in [-0.39, 0.29) is 12.8 Å². The largest absolute Gasteiger partial charge is 0.487 e. The van der Waals surface area contributed by atoms with Crippen molar-refractivity contribution in [1.29, 1.82) is 0 Å². The van der Waals surface area contributed by atoms with Crippen LogP contribution in [0.2, 0.25) is 5.31 Å². The van der Waals surface area contributed by atoms with E-state index in [1.165, 1.54) is 72.2 Å². The fourth-order valence-electron chi connectivity index (χ4n) is 13.1. The van der Waals surface area contributed by atoms with E-state index in [1.54, 1.807) is 0 Å². The summed E-state index contributed by atoms with van der Waals surface area (Å²) in [5, 5.41) is 3.02. The van der Waals surface area contributed by atoms with Gasteiger partial charge in [0.15, 0.2) is 0 Å². The zero-order chi connectivity index (χ0) is 45.4. The lowest BCUT2D eigenvalue weighted by Crippen LogP contribution is -2.63. The summed E-state index contributed by atoms with van der Waals surface area (Å²) in [5.74, 6) is 0.902. The molecule has 0 N–H and O–H groups in total. The molecule has 5 heteroatoms. The summed E-state index contributed by atoms with van der Waals surface area (Å²) >= 11 is 0. The van der Waals surface area contributed by atoms with Gasteiger partial charge in [-0.1, -0.05) is 189 Å². The molecule has 2 aromatic heterocycles. The molecule has 0 saturated carbocycles. The minimum atomic E-state index is -0.535. The number of benzene rings is 9. The summed E-state index contributed by atoms with van der Waals surface area (Å²) in [5.41, 5.74) is 19.5. The Hall–Kier alpha value is -8.54. The van der Waals surface area contributed by atoms with E-state index in [1.807, 2.05) is 6.07 Å². The third kappa shape index (κ3) is 5.09. The van der Waals surface area contributed by atoms with E-state index in [4.69, 9.17) is 9.15 Å². The Labute approximate surface area is 400 Å². The molecule has 4 aliphatic rings. The number of ether oxygens (including phenoxy) is 1. The molecule has 2 aliphatic heterocycles. The molecule has 4 nitrogen and oxygen atoms in total. The highest BCUT2D eigenvalue weighted by atomic mass is 16.5. The number of hydrogen-bond donors (Lipinski definition) is 0. The second kappa shape index (κ2) is 14.2. The predicted octanol–water partition coefficient (Wildman–Crippen LogP) is 14.6. The van der Waals surface area contributed by atoms with Crippen LogP contribution < -0.4 is 20.6 Å². The van der Waals surface area contributed by atoms with Gasteiger partial charge >= 0.3 is 0 Å².